The summed E-state index contributed by atoms with van der Waals surface area (Å²) in [5.41, 5.74) is 3.20. The van der Waals surface area contributed by atoms with Crippen molar-refractivity contribution >= 4 is 11.7 Å². The number of anilines is 1. The molecule has 0 bridgehead atoms. The zero-order valence-corrected chi connectivity index (χ0v) is 17.5. The number of aryl methyl sites for hydroxylation is 3. The molecule has 7 nitrogen and oxygen atoms in total. The molecule has 7 heteroatoms. The molecule has 1 aliphatic rings. The molecule has 2 amide bonds. The number of hydrogen-bond acceptors (Lipinski definition) is 5. The largest absolute Gasteiger partial charge is 0.338 e. The maximum Gasteiger partial charge on any atom is 0.321 e. The highest BCUT2D eigenvalue weighted by Crippen LogP contribution is 2.25. The number of carbonyl (C=O) groups excluding carboxylic acids is 1. The second kappa shape index (κ2) is 8.73. The number of nitrogens with zero attached hydrogens (tertiary/aromatic N) is 4. The Morgan fingerprint density at radius 2 is 2.04 bits per heavy atom. The van der Waals surface area contributed by atoms with E-state index >= 15 is 0 Å². The van der Waals surface area contributed by atoms with Crippen molar-refractivity contribution in [3.05, 3.63) is 41.0 Å². The van der Waals surface area contributed by atoms with Crippen LogP contribution in [-0.4, -0.2) is 52.2 Å². The Labute approximate surface area is 167 Å². The van der Waals surface area contributed by atoms with Gasteiger partial charge in [0, 0.05) is 31.9 Å². The minimum Gasteiger partial charge on any atom is -0.338 e. The van der Waals surface area contributed by atoms with Crippen molar-refractivity contribution in [2.24, 2.45) is 5.92 Å². The topological polar surface area (TPSA) is 74.5 Å². The lowest BCUT2D eigenvalue weighted by atomic mass is 10.1. The third-order valence-electron chi connectivity index (χ3n) is 5.18. The summed E-state index contributed by atoms with van der Waals surface area (Å²) in [4.78, 5) is 21.6. The second-order valence-corrected chi connectivity index (χ2v) is 8.11. The number of rotatable bonds is 4. The van der Waals surface area contributed by atoms with Gasteiger partial charge < -0.3 is 14.7 Å². The van der Waals surface area contributed by atoms with E-state index in [1.807, 2.05) is 30.0 Å². The number of hydrogen-bond donors (Lipinski definition) is 1. The molecule has 1 unspecified atom stereocenters. The van der Waals surface area contributed by atoms with Crippen molar-refractivity contribution in [3.8, 4) is 0 Å². The molecule has 1 saturated heterocycles. The number of aromatic nitrogens is 2. The Bertz CT molecular complexity index is 817. The lowest BCUT2D eigenvalue weighted by molar-refractivity contribution is 0.138. The van der Waals surface area contributed by atoms with Gasteiger partial charge in [-0.05, 0) is 56.4 Å². The summed E-state index contributed by atoms with van der Waals surface area (Å²) >= 11 is 0. The molecule has 1 aliphatic heterocycles. The standard InChI is InChI=1S/C21H31N5O2/c1-14(2)12-25-9-6-10-26(13-19(25)20-22-17(5)24-28-20)21(27)23-18-8-7-15(3)16(4)11-18/h7-8,11,14,19H,6,9-10,12-13H2,1-5H3,(H,23,27). The van der Waals surface area contributed by atoms with Gasteiger partial charge in [-0.25, -0.2) is 4.79 Å². The number of benzene rings is 1. The van der Waals surface area contributed by atoms with Crippen LogP contribution in [0.5, 0.6) is 0 Å². The van der Waals surface area contributed by atoms with Gasteiger partial charge >= 0.3 is 6.03 Å². The summed E-state index contributed by atoms with van der Waals surface area (Å²) in [7, 11) is 0. The first-order chi connectivity index (χ1) is 13.3. The van der Waals surface area contributed by atoms with Crippen LogP contribution in [0.4, 0.5) is 10.5 Å². The average molecular weight is 386 g/mol. The molecule has 3 rings (SSSR count). The molecule has 152 valence electrons. The lowest BCUT2D eigenvalue weighted by Crippen LogP contribution is -2.40. The predicted octanol–water partition coefficient (Wildman–Crippen LogP) is 3.93. The highest BCUT2D eigenvalue weighted by molar-refractivity contribution is 5.89. The van der Waals surface area contributed by atoms with Gasteiger partial charge in [0.05, 0.1) is 0 Å². The molecule has 1 N–H and O–H groups in total. The molecule has 1 fully saturated rings. The molecule has 1 atom stereocenters. The van der Waals surface area contributed by atoms with Crippen molar-refractivity contribution in [1.29, 1.82) is 0 Å². The monoisotopic (exact) mass is 385 g/mol. The van der Waals surface area contributed by atoms with Crippen LogP contribution in [0.25, 0.3) is 0 Å². The fourth-order valence-electron chi connectivity index (χ4n) is 3.61. The fraction of sp³-hybridized carbons (Fsp3) is 0.571. The van der Waals surface area contributed by atoms with Gasteiger partial charge in [-0.15, -0.1) is 0 Å². The molecule has 0 aliphatic carbocycles. The van der Waals surface area contributed by atoms with Crippen LogP contribution in [0.3, 0.4) is 0 Å². The number of nitrogens with one attached hydrogen (secondary N) is 1. The number of carbonyl (C=O) groups is 1. The van der Waals surface area contributed by atoms with Crippen molar-refractivity contribution in [1.82, 2.24) is 19.9 Å². The molecule has 1 aromatic heterocycles. The molecule has 2 aromatic rings. The molecule has 28 heavy (non-hydrogen) atoms. The molecule has 0 spiro atoms. The van der Waals surface area contributed by atoms with Crippen LogP contribution in [0, 0.1) is 26.7 Å². The van der Waals surface area contributed by atoms with Crippen molar-refractivity contribution in [3.63, 3.8) is 0 Å². The third-order valence-corrected chi connectivity index (χ3v) is 5.18. The first-order valence-corrected chi connectivity index (χ1v) is 10.0. The SMILES string of the molecule is Cc1noc(C2CN(C(=O)Nc3ccc(C)c(C)c3)CCCN2CC(C)C)n1. The minimum atomic E-state index is -0.0871. The van der Waals surface area contributed by atoms with Crippen LogP contribution < -0.4 is 5.32 Å². The maximum absolute atomic E-state index is 13.0. The first-order valence-electron chi connectivity index (χ1n) is 10.0. The van der Waals surface area contributed by atoms with Gasteiger partial charge in [0.1, 0.15) is 6.04 Å². The second-order valence-electron chi connectivity index (χ2n) is 8.11. The molecule has 1 aromatic carbocycles. The minimum absolute atomic E-state index is 0.0865. The Balaban J connectivity index is 1.77. The Morgan fingerprint density at radius 1 is 1.25 bits per heavy atom. The smallest absolute Gasteiger partial charge is 0.321 e. The molecule has 0 radical (unpaired) electrons. The average Bonchev–Trinajstić information content (AvgIpc) is 2.94. The summed E-state index contributed by atoms with van der Waals surface area (Å²) in [6, 6.07) is 5.81. The van der Waals surface area contributed by atoms with Gasteiger partial charge in [-0.1, -0.05) is 25.1 Å². The summed E-state index contributed by atoms with van der Waals surface area (Å²) in [6.07, 6.45) is 0.913. The van der Waals surface area contributed by atoms with Crippen molar-refractivity contribution in [2.45, 2.75) is 47.1 Å². The van der Waals surface area contributed by atoms with E-state index in [0.717, 1.165) is 30.8 Å². The van der Waals surface area contributed by atoms with Gasteiger partial charge in [-0.2, -0.15) is 4.98 Å². The summed E-state index contributed by atoms with van der Waals surface area (Å²) in [6.45, 7) is 13.4. The van der Waals surface area contributed by atoms with E-state index in [9.17, 15) is 4.79 Å². The highest BCUT2D eigenvalue weighted by Gasteiger charge is 2.32. The molecular formula is C21H31N5O2. The van der Waals surface area contributed by atoms with Gasteiger partial charge in [0.15, 0.2) is 5.82 Å². The number of urea groups is 1. The van der Waals surface area contributed by atoms with Gasteiger partial charge in [0.2, 0.25) is 5.89 Å². The lowest BCUT2D eigenvalue weighted by Gasteiger charge is -2.30. The highest BCUT2D eigenvalue weighted by atomic mass is 16.5. The van der Waals surface area contributed by atoms with Crippen molar-refractivity contribution in [2.75, 3.05) is 31.5 Å². The first kappa shape index (κ1) is 20.3. The quantitative estimate of drug-likeness (QED) is 0.863. The Morgan fingerprint density at radius 3 is 2.68 bits per heavy atom. The maximum atomic E-state index is 13.0. The van der Waals surface area contributed by atoms with Crippen molar-refractivity contribution < 1.29 is 9.32 Å². The van der Waals surface area contributed by atoms with E-state index in [1.165, 1.54) is 5.56 Å². The van der Waals surface area contributed by atoms with Gasteiger partial charge in [0.25, 0.3) is 0 Å². The normalized spacial score (nSPS) is 18.4. The summed E-state index contributed by atoms with van der Waals surface area (Å²) in [5, 5.41) is 7.00. The molecular weight excluding hydrogens is 354 g/mol. The fourth-order valence-corrected chi connectivity index (χ4v) is 3.61. The van der Waals surface area contributed by atoms with E-state index in [2.05, 4.69) is 48.1 Å². The predicted molar refractivity (Wildman–Crippen MR) is 109 cm³/mol. The molecule has 0 saturated carbocycles. The van der Waals surface area contributed by atoms with E-state index in [1.54, 1.807) is 0 Å². The van der Waals surface area contributed by atoms with Crippen LogP contribution in [0.1, 0.15) is 49.2 Å². The van der Waals surface area contributed by atoms with E-state index in [0.29, 0.717) is 30.7 Å². The van der Waals surface area contributed by atoms with E-state index in [-0.39, 0.29) is 12.1 Å². The van der Waals surface area contributed by atoms with E-state index < -0.39 is 0 Å². The zero-order chi connectivity index (χ0) is 20.3. The number of amides is 2. The summed E-state index contributed by atoms with van der Waals surface area (Å²) < 4.78 is 5.49. The zero-order valence-electron chi connectivity index (χ0n) is 17.5. The third kappa shape index (κ3) is 4.90. The molecule has 2 heterocycles. The van der Waals surface area contributed by atoms with E-state index in [4.69, 9.17) is 4.52 Å². The Kier molecular flexibility index (Phi) is 6.34. The van der Waals surface area contributed by atoms with Crippen LogP contribution in [-0.2, 0) is 0 Å². The van der Waals surface area contributed by atoms with Gasteiger partial charge in [-0.3, -0.25) is 4.90 Å². The summed E-state index contributed by atoms with van der Waals surface area (Å²) in [5.74, 6) is 1.72. The Hall–Kier alpha value is -2.41. The van der Waals surface area contributed by atoms with Crippen LogP contribution in [0.15, 0.2) is 22.7 Å². The van der Waals surface area contributed by atoms with Crippen LogP contribution in [0.2, 0.25) is 0 Å². The van der Waals surface area contributed by atoms with Crippen LogP contribution >= 0.6 is 0 Å².